The maximum atomic E-state index is 13.5. The Morgan fingerprint density at radius 1 is 1.03 bits per heavy atom. The number of benzene rings is 2. The number of ketones is 1. The van der Waals surface area contributed by atoms with E-state index in [2.05, 4.69) is 5.32 Å². The molecule has 2 aromatic carbocycles. The van der Waals surface area contributed by atoms with E-state index in [-0.39, 0.29) is 23.9 Å². The van der Waals surface area contributed by atoms with Gasteiger partial charge in [0.25, 0.3) is 5.91 Å². The maximum absolute atomic E-state index is 13.5. The molecule has 0 aromatic heterocycles. The Balaban J connectivity index is 1.72. The Hall–Kier alpha value is -3.42. The third-order valence-corrected chi connectivity index (χ3v) is 3.95. The van der Waals surface area contributed by atoms with Crippen molar-refractivity contribution in [1.29, 1.82) is 0 Å². The standard InChI is InChI=1S/C21H22FNO6/c1-14(24)16-7-8-18(19(11-16)27-2)28-13-21(26)29-12-20(25)23-10-9-15-5-3-4-6-17(15)22/h3-8,11H,9-10,12-13H2,1-2H3,(H,23,25). The van der Waals surface area contributed by atoms with E-state index >= 15 is 0 Å². The zero-order chi connectivity index (χ0) is 21.2. The van der Waals surface area contributed by atoms with Gasteiger partial charge in [0.1, 0.15) is 5.82 Å². The van der Waals surface area contributed by atoms with E-state index in [4.69, 9.17) is 14.2 Å². The smallest absolute Gasteiger partial charge is 0.344 e. The Kier molecular flexibility index (Phi) is 8.14. The summed E-state index contributed by atoms with van der Waals surface area (Å²) in [6, 6.07) is 10.9. The van der Waals surface area contributed by atoms with Crippen molar-refractivity contribution in [1.82, 2.24) is 5.32 Å². The van der Waals surface area contributed by atoms with Crippen molar-refractivity contribution in [3.05, 3.63) is 59.4 Å². The van der Waals surface area contributed by atoms with Crippen molar-refractivity contribution in [2.24, 2.45) is 0 Å². The van der Waals surface area contributed by atoms with Crippen LogP contribution in [0.15, 0.2) is 42.5 Å². The molecule has 0 unspecified atom stereocenters. The molecule has 0 radical (unpaired) electrons. The first-order chi connectivity index (χ1) is 13.9. The summed E-state index contributed by atoms with van der Waals surface area (Å²) < 4.78 is 28.8. The topological polar surface area (TPSA) is 90.9 Å². The Morgan fingerprint density at radius 3 is 2.48 bits per heavy atom. The highest BCUT2D eigenvalue weighted by Crippen LogP contribution is 2.28. The van der Waals surface area contributed by atoms with Gasteiger partial charge in [-0.25, -0.2) is 9.18 Å². The van der Waals surface area contributed by atoms with Crippen molar-refractivity contribution in [2.75, 3.05) is 26.9 Å². The van der Waals surface area contributed by atoms with Crippen molar-refractivity contribution >= 4 is 17.7 Å². The molecule has 29 heavy (non-hydrogen) atoms. The molecule has 2 rings (SSSR count). The lowest BCUT2D eigenvalue weighted by Crippen LogP contribution is -2.31. The van der Waals surface area contributed by atoms with Crippen molar-refractivity contribution in [3.63, 3.8) is 0 Å². The van der Waals surface area contributed by atoms with Crippen LogP contribution in [-0.2, 0) is 20.7 Å². The zero-order valence-corrected chi connectivity index (χ0v) is 16.2. The first kappa shape index (κ1) is 21.9. The SMILES string of the molecule is COc1cc(C(C)=O)ccc1OCC(=O)OCC(=O)NCCc1ccccc1F. The molecule has 0 aliphatic carbocycles. The first-order valence-corrected chi connectivity index (χ1v) is 8.88. The molecule has 0 fully saturated rings. The summed E-state index contributed by atoms with van der Waals surface area (Å²) in [7, 11) is 1.41. The van der Waals surface area contributed by atoms with Crippen LogP contribution in [0.25, 0.3) is 0 Å². The summed E-state index contributed by atoms with van der Waals surface area (Å²) in [6.45, 7) is 0.736. The normalized spacial score (nSPS) is 10.2. The Bertz CT molecular complexity index is 883. The van der Waals surface area contributed by atoms with Gasteiger partial charge < -0.3 is 19.5 Å². The van der Waals surface area contributed by atoms with Crippen molar-refractivity contribution in [2.45, 2.75) is 13.3 Å². The second-order valence-electron chi connectivity index (χ2n) is 6.06. The number of carbonyl (C=O) groups excluding carboxylic acids is 3. The maximum Gasteiger partial charge on any atom is 0.344 e. The van der Waals surface area contributed by atoms with E-state index in [1.54, 1.807) is 24.3 Å². The van der Waals surface area contributed by atoms with E-state index in [1.807, 2.05) is 0 Å². The number of ether oxygens (including phenoxy) is 3. The molecule has 7 nitrogen and oxygen atoms in total. The molecular formula is C21H22FNO6. The monoisotopic (exact) mass is 403 g/mol. The van der Waals surface area contributed by atoms with Crippen LogP contribution in [-0.4, -0.2) is 44.5 Å². The number of hydrogen-bond acceptors (Lipinski definition) is 6. The molecule has 0 atom stereocenters. The van der Waals surface area contributed by atoms with Crippen LogP contribution < -0.4 is 14.8 Å². The number of nitrogens with one attached hydrogen (secondary N) is 1. The van der Waals surface area contributed by atoms with Gasteiger partial charge in [-0.2, -0.15) is 0 Å². The van der Waals surface area contributed by atoms with E-state index in [9.17, 15) is 18.8 Å². The van der Waals surface area contributed by atoms with Gasteiger partial charge in [0.2, 0.25) is 0 Å². The Morgan fingerprint density at radius 2 is 1.79 bits per heavy atom. The Labute approximate surface area is 167 Å². The molecule has 0 aliphatic rings. The molecule has 1 amide bonds. The average molecular weight is 403 g/mol. The van der Waals surface area contributed by atoms with Crippen LogP contribution in [0.4, 0.5) is 4.39 Å². The van der Waals surface area contributed by atoms with Crippen molar-refractivity contribution < 1.29 is 33.0 Å². The summed E-state index contributed by atoms with van der Waals surface area (Å²) >= 11 is 0. The molecule has 1 N–H and O–H groups in total. The summed E-state index contributed by atoms with van der Waals surface area (Å²) in [5.74, 6) is -1.14. The average Bonchev–Trinajstić information content (AvgIpc) is 2.71. The zero-order valence-electron chi connectivity index (χ0n) is 16.2. The minimum absolute atomic E-state index is 0.129. The predicted octanol–water partition coefficient (Wildman–Crippen LogP) is 2.32. The van der Waals surface area contributed by atoms with Crippen LogP contribution in [0.2, 0.25) is 0 Å². The lowest BCUT2D eigenvalue weighted by atomic mass is 10.1. The van der Waals surface area contributed by atoms with Crippen LogP contribution in [0.5, 0.6) is 11.5 Å². The van der Waals surface area contributed by atoms with Crippen LogP contribution in [0.3, 0.4) is 0 Å². The number of methoxy groups -OCH3 is 1. The van der Waals surface area contributed by atoms with Gasteiger partial charge in [-0.05, 0) is 43.2 Å². The third-order valence-electron chi connectivity index (χ3n) is 3.95. The molecule has 0 heterocycles. The molecule has 0 saturated heterocycles. The second kappa shape index (κ2) is 10.8. The third kappa shape index (κ3) is 6.91. The molecular weight excluding hydrogens is 381 g/mol. The number of amides is 1. The molecule has 8 heteroatoms. The van der Waals surface area contributed by atoms with Gasteiger partial charge in [0.05, 0.1) is 7.11 Å². The molecule has 0 aliphatic heterocycles. The van der Waals surface area contributed by atoms with Gasteiger partial charge in [0.15, 0.2) is 30.5 Å². The quantitative estimate of drug-likeness (QED) is 0.484. The molecule has 0 spiro atoms. The van der Waals surface area contributed by atoms with Crippen LogP contribution in [0, 0.1) is 5.82 Å². The first-order valence-electron chi connectivity index (χ1n) is 8.88. The highest BCUT2D eigenvalue weighted by atomic mass is 19.1. The van der Waals surface area contributed by atoms with E-state index in [0.29, 0.717) is 23.3 Å². The lowest BCUT2D eigenvalue weighted by molar-refractivity contribution is -0.150. The minimum atomic E-state index is -0.744. The molecule has 0 bridgehead atoms. The predicted molar refractivity (Wildman–Crippen MR) is 103 cm³/mol. The summed E-state index contributed by atoms with van der Waals surface area (Å²) in [5, 5.41) is 2.55. The second-order valence-corrected chi connectivity index (χ2v) is 6.06. The number of carbonyl (C=O) groups is 3. The van der Waals surface area contributed by atoms with Crippen LogP contribution >= 0.6 is 0 Å². The number of hydrogen-bond donors (Lipinski definition) is 1. The fourth-order valence-corrected chi connectivity index (χ4v) is 2.42. The number of esters is 1. The number of Topliss-reactive ketones (excluding diaryl/α,β-unsaturated/α-hetero) is 1. The fraction of sp³-hybridized carbons (Fsp3) is 0.286. The van der Waals surface area contributed by atoms with Gasteiger partial charge in [-0.3, -0.25) is 9.59 Å². The van der Waals surface area contributed by atoms with E-state index in [1.165, 1.54) is 32.2 Å². The van der Waals surface area contributed by atoms with E-state index < -0.39 is 25.1 Å². The molecule has 0 saturated carbocycles. The van der Waals surface area contributed by atoms with Crippen LogP contribution in [0.1, 0.15) is 22.8 Å². The molecule has 2 aromatic rings. The van der Waals surface area contributed by atoms with Gasteiger partial charge in [0, 0.05) is 12.1 Å². The summed E-state index contributed by atoms with van der Waals surface area (Å²) in [6.07, 6.45) is 0.325. The minimum Gasteiger partial charge on any atom is -0.493 e. The summed E-state index contributed by atoms with van der Waals surface area (Å²) in [4.78, 5) is 34.9. The lowest BCUT2D eigenvalue weighted by Gasteiger charge is -2.11. The number of halogens is 1. The molecule has 154 valence electrons. The summed E-state index contributed by atoms with van der Waals surface area (Å²) in [5.41, 5.74) is 0.937. The fourth-order valence-electron chi connectivity index (χ4n) is 2.42. The van der Waals surface area contributed by atoms with Gasteiger partial charge in [-0.15, -0.1) is 0 Å². The largest absolute Gasteiger partial charge is 0.493 e. The highest BCUT2D eigenvalue weighted by molar-refractivity contribution is 5.94. The van der Waals surface area contributed by atoms with Crippen molar-refractivity contribution in [3.8, 4) is 11.5 Å². The van der Waals surface area contributed by atoms with Gasteiger partial charge >= 0.3 is 5.97 Å². The van der Waals surface area contributed by atoms with E-state index in [0.717, 1.165) is 0 Å². The number of rotatable bonds is 10. The highest BCUT2D eigenvalue weighted by Gasteiger charge is 2.12. The van der Waals surface area contributed by atoms with Gasteiger partial charge in [-0.1, -0.05) is 18.2 Å².